The highest BCUT2D eigenvalue weighted by Crippen LogP contribution is 2.37. The van der Waals surface area contributed by atoms with E-state index >= 15 is 0 Å². The van der Waals surface area contributed by atoms with Crippen LogP contribution in [0.5, 0.6) is 11.5 Å². The van der Waals surface area contributed by atoms with Gasteiger partial charge in [-0.15, -0.1) is 6.58 Å². The average Bonchev–Trinajstić information content (AvgIpc) is 2.89. The molecular formula is C31H33F3O2. The molecule has 0 atom stereocenters. The fourth-order valence-corrected chi connectivity index (χ4v) is 4.73. The minimum atomic E-state index is -0.836. The second kappa shape index (κ2) is 12.2. The maximum absolute atomic E-state index is 14.8. The number of ether oxygens (including phenoxy) is 2. The van der Waals surface area contributed by atoms with E-state index in [0.29, 0.717) is 40.7 Å². The Morgan fingerprint density at radius 3 is 2.28 bits per heavy atom. The largest absolute Gasteiger partial charge is 0.493 e. The Morgan fingerprint density at radius 2 is 1.58 bits per heavy atom. The summed E-state index contributed by atoms with van der Waals surface area (Å²) in [5.74, 6) is -0.266. The van der Waals surface area contributed by atoms with E-state index in [0.717, 1.165) is 38.5 Å². The molecule has 0 unspecified atom stereocenters. The minimum Gasteiger partial charge on any atom is -0.493 e. The number of allylic oxidation sites excluding steroid dienone is 1. The molecule has 0 amide bonds. The lowest BCUT2D eigenvalue weighted by Crippen LogP contribution is -2.13. The summed E-state index contributed by atoms with van der Waals surface area (Å²) in [6.07, 6.45) is 7.38. The van der Waals surface area contributed by atoms with Gasteiger partial charge in [0.25, 0.3) is 0 Å². The third kappa shape index (κ3) is 6.31. The first-order valence-corrected chi connectivity index (χ1v) is 12.7. The molecule has 0 N–H and O–H groups in total. The van der Waals surface area contributed by atoms with E-state index in [2.05, 4.69) is 13.5 Å². The molecule has 5 heteroatoms. The summed E-state index contributed by atoms with van der Waals surface area (Å²) in [5.41, 5.74) is 1.78. The van der Waals surface area contributed by atoms with Crippen molar-refractivity contribution in [2.75, 3.05) is 6.61 Å². The molecule has 1 saturated carbocycles. The summed E-state index contributed by atoms with van der Waals surface area (Å²) < 4.78 is 55.5. The predicted molar refractivity (Wildman–Crippen MR) is 138 cm³/mol. The van der Waals surface area contributed by atoms with Crippen LogP contribution in [0.3, 0.4) is 0 Å². The van der Waals surface area contributed by atoms with Crippen molar-refractivity contribution in [2.24, 2.45) is 5.92 Å². The van der Waals surface area contributed by atoms with Crippen molar-refractivity contribution in [1.29, 1.82) is 0 Å². The predicted octanol–water partition coefficient (Wildman–Crippen LogP) is 8.99. The Balaban J connectivity index is 1.37. The lowest BCUT2D eigenvalue weighted by atomic mass is 9.79. The van der Waals surface area contributed by atoms with E-state index in [1.54, 1.807) is 48.5 Å². The average molecular weight is 495 g/mol. The van der Waals surface area contributed by atoms with Gasteiger partial charge in [-0.05, 0) is 72.9 Å². The molecular weight excluding hydrogens is 461 g/mol. The number of hydrogen-bond acceptors (Lipinski definition) is 2. The lowest BCUT2D eigenvalue weighted by molar-refractivity contribution is 0.295. The summed E-state index contributed by atoms with van der Waals surface area (Å²) >= 11 is 0. The van der Waals surface area contributed by atoms with Crippen molar-refractivity contribution < 1.29 is 22.6 Å². The fraction of sp³-hybridized carbons (Fsp3) is 0.355. The van der Waals surface area contributed by atoms with Gasteiger partial charge in [-0.3, -0.25) is 0 Å². The maximum atomic E-state index is 14.8. The van der Waals surface area contributed by atoms with Gasteiger partial charge in [-0.2, -0.15) is 0 Å². The molecule has 3 aromatic carbocycles. The molecule has 1 fully saturated rings. The van der Waals surface area contributed by atoms with Gasteiger partial charge in [-0.1, -0.05) is 50.1 Å². The van der Waals surface area contributed by atoms with Crippen LogP contribution in [-0.4, -0.2) is 6.61 Å². The number of halogens is 3. The van der Waals surface area contributed by atoms with Crippen molar-refractivity contribution in [3.05, 3.63) is 95.8 Å². The van der Waals surface area contributed by atoms with Gasteiger partial charge in [0.2, 0.25) is 0 Å². The number of rotatable bonds is 10. The van der Waals surface area contributed by atoms with Crippen LogP contribution in [-0.2, 0) is 6.61 Å². The highest BCUT2D eigenvalue weighted by molar-refractivity contribution is 5.65. The molecule has 0 aromatic heterocycles. The zero-order chi connectivity index (χ0) is 25.5. The van der Waals surface area contributed by atoms with E-state index in [-0.39, 0.29) is 23.9 Å². The van der Waals surface area contributed by atoms with Crippen molar-refractivity contribution in [2.45, 2.75) is 58.0 Å². The second-order valence-corrected chi connectivity index (χ2v) is 9.63. The van der Waals surface area contributed by atoms with Gasteiger partial charge >= 0.3 is 0 Å². The summed E-state index contributed by atoms with van der Waals surface area (Å²) in [7, 11) is 0. The van der Waals surface area contributed by atoms with Gasteiger partial charge in [0.15, 0.2) is 11.6 Å². The number of benzene rings is 3. The van der Waals surface area contributed by atoms with Crippen molar-refractivity contribution in [3.63, 3.8) is 0 Å². The van der Waals surface area contributed by atoms with Gasteiger partial charge in [0, 0.05) is 17.2 Å². The zero-order valence-electron chi connectivity index (χ0n) is 20.7. The SMILES string of the molecule is C=CCCCOc1ccc(-c2ccc(OCc3ccc(C4CCC(C)CC4)c(F)c3F)cc2)c(F)c1. The van der Waals surface area contributed by atoms with Gasteiger partial charge < -0.3 is 9.47 Å². The van der Waals surface area contributed by atoms with E-state index in [1.165, 1.54) is 6.07 Å². The summed E-state index contributed by atoms with van der Waals surface area (Å²) in [5, 5.41) is 0. The number of unbranched alkanes of at least 4 members (excludes halogenated alkanes) is 1. The molecule has 1 aliphatic rings. The Kier molecular flexibility index (Phi) is 8.74. The molecule has 0 heterocycles. The first kappa shape index (κ1) is 25.9. The zero-order valence-corrected chi connectivity index (χ0v) is 20.7. The van der Waals surface area contributed by atoms with Crippen LogP contribution >= 0.6 is 0 Å². The molecule has 2 nitrogen and oxygen atoms in total. The van der Waals surface area contributed by atoms with Crippen molar-refractivity contribution >= 4 is 0 Å². The minimum absolute atomic E-state index is 0.0801. The molecule has 3 aromatic rings. The Bertz CT molecular complexity index is 1170. The van der Waals surface area contributed by atoms with Gasteiger partial charge in [0.05, 0.1) is 6.61 Å². The molecule has 0 saturated heterocycles. The van der Waals surface area contributed by atoms with Crippen molar-refractivity contribution in [3.8, 4) is 22.6 Å². The van der Waals surface area contributed by atoms with E-state index in [1.807, 2.05) is 6.08 Å². The molecule has 0 aliphatic heterocycles. The molecule has 0 bridgehead atoms. The van der Waals surface area contributed by atoms with E-state index < -0.39 is 11.6 Å². The Labute approximate surface area is 211 Å². The molecule has 36 heavy (non-hydrogen) atoms. The molecule has 4 rings (SSSR count). The first-order chi connectivity index (χ1) is 17.5. The Morgan fingerprint density at radius 1 is 0.861 bits per heavy atom. The van der Waals surface area contributed by atoms with E-state index in [4.69, 9.17) is 9.47 Å². The smallest absolute Gasteiger partial charge is 0.165 e. The standard InChI is InChI=1S/C31H33F3O2/c1-3-4-5-18-35-26-15-17-27(29(32)19-26)22-10-13-25(14-11-22)36-20-24-12-16-28(31(34)30(24)33)23-8-6-21(2)7-9-23/h3,10-17,19,21,23H,1,4-9,18,20H2,2H3. The second-order valence-electron chi connectivity index (χ2n) is 9.63. The highest BCUT2D eigenvalue weighted by atomic mass is 19.2. The normalized spacial score (nSPS) is 17.6. The van der Waals surface area contributed by atoms with E-state index in [9.17, 15) is 13.2 Å². The Hall–Kier alpha value is -3.21. The van der Waals surface area contributed by atoms with Gasteiger partial charge in [0.1, 0.15) is 23.9 Å². The van der Waals surface area contributed by atoms with Crippen LogP contribution < -0.4 is 9.47 Å². The lowest BCUT2D eigenvalue weighted by Gasteiger charge is -2.27. The van der Waals surface area contributed by atoms with Gasteiger partial charge in [-0.25, -0.2) is 13.2 Å². The monoisotopic (exact) mass is 494 g/mol. The summed E-state index contributed by atoms with van der Waals surface area (Å²) in [4.78, 5) is 0. The molecule has 1 aliphatic carbocycles. The fourth-order valence-electron chi connectivity index (χ4n) is 4.73. The molecule has 0 radical (unpaired) electrons. The van der Waals surface area contributed by atoms with Crippen LogP contribution in [0.1, 0.15) is 62.5 Å². The molecule has 190 valence electrons. The molecule has 0 spiro atoms. The van der Waals surface area contributed by atoms with Crippen LogP contribution in [0.4, 0.5) is 13.2 Å². The quantitative estimate of drug-likeness (QED) is 0.207. The first-order valence-electron chi connectivity index (χ1n) is 12.7. The third-order valence-electron chi connectivity index (χ3n) is 6.97. The van der Waals surface area contributed by atoms with Crippen molar-refractivity contribution in [1.82, 2.24) is 0 Å². The van der Waals surface area contributed by atoms with Crippen LogP contribution in [0.25, 0.3) is 11.1 Å². The highest BCUT2D eigenvalue weighted by Gasteiger charge is 2.24. The summed E-state index contributed by atoms with van der Waals surface area (Å²) in [6, 6.07) is 15.0. The third-order valence-corrected chi connectivity index (χ3v) is 6.97. The number of hydrogen-bond donors (Lipinski definition) is 0. The van der Waals surface area contributed by atoms with Crippen LogP contribution in [0.15, 0.2) is 67.3 Å². The topological polar surface area (TPSA) is 18.5 Å². The maximum Gasteiger partial charge on any atom is 0.165 e. The van der Waals surface area contributed by atoms with Crippen LogP contribution in [0.2, 0.25) is 0 Å². The van der Waals surface area contributed by atoms with Crippen LogP contribution in [0, 0.1) is 23.4 Å². The summed E-state index contributed by atoms with van der Waals surface area (Å²) in [6.45, 7) is 6.29.